The van der Waals surface area contributed by atoms with Crippen LogP contribution in [0.5, 0.6) is 0 Å². The zero-order valence-electron chi connectivity index (χ0n) is 14.3. The minimum Gasteiger partial charge on any atom is -0.481 e. The van der Waals surface area contributed by atoms with Gasteiger partial charge in [0.2, 0.25) is 0 Å². The van der Waals surface area contributed by atoms with Crippen molar-refractivity contribution >= 4 is 12.2 Å². The summed E-state index contributed by atoms with van der Waals surface area (Å²) in [6, 6.07) is 0.876. The summed E-state index contributed by atoms with van der Waals surface area (Å²) >= 11 is 0. The minimum atomic E-state index is -0.833. The van der Waals surface area contributed by atoms with Crippen molar-refractivity contribution in [2.24, 2.45) is 4.99 Å². The van der Waals surface area contributed by atoms with Gasteiger partial charge >= 0.3 is 0 Å². The molecule has 0 atom stereocenters. The molecule has 0 saturated heterocycles. The van der Waals surface area contributed by atoms with Gasteiger partial charge in [-0.3, -0.25) is 9.79 Å². The van der Waals surface area contributed by atoms with E-state index in [1.54, 1.807) is 0 Å². The number of hydrogen-bond acceptors (Lipinski definition) is 3. The number of aliphatic imine (C=N–C) groups is 1. The normalized spacial score (nSPS) is 22.8. The number of carboxylic acids is 1. The van der Waals surface area contributed by atoms with E-state index in [0.717, 1.165) is 19.5 Å². The first kappa shape index (κ1) is 19.1. The van der Waals surface area contributed by atoms with Crippen molar-refractivity contribution in [3.8, 4) is 0 Å². The molecule has 1 aliphatic heterocycles. The molecule has 128 valence electrons. The van der Waals surface area contributed by atoms with Gasteiger partial charge in [0, 0.05) is 26.1 Å². The first-order chi connectivity index (χ1) is 10.7. The monoisotopic (exact) mass is 310 g/mol. The van der Waals surface area contributed by atoms with E-state index in [0.29, 0.717) is 0 Å². The molecule has 4 nitrogen and oxygen atoms in total. The SMILES string of the molecule is C1=NCCCN(C2CCCCCCCC2)CCC1.CC(=O)O. The molecule has 0 aromatic rings. The van der Waals surface area contributed by atoms with E-state index in [1.165, 1.54) is 83.7 Å². The third kappa shape index (κ3) is 9.93. The number of nitrogens with zero attached hydrogens (tertiary/aromatic N) is 2. The van der Waals surface area contributed by atoms with Crippen molar-refractivity contribution in [1.29, 1.82) is 0 Å². The predicted octanol–water partition coefficient (Wildman–Crippen LogP) is 4.14. The minimum absolute atomic E-state index is 0.833. The number of hydrogen-bond donors (Lipinski definition) is 1. The summed E-state index contributed by atoms with van der Waals surface area (Å²) in [5.74, 6) is -0.833. The molecule has 0 bridgehead atoms. The number of aliphatic carboxylic acids is 1. The van der Waals surface area contributed by atoms with Crippen molar-refractivity contribution in [3.63, 3.8) is 0 Å². The molecule has 2 aliphatic rings. The van der Waals surface area contributed by atoms with Crippen LogP contribution in [0.4, 0.5) is 0 Å². The van der Waals surface area contributed by atoms with Crippen LogP contribution in [-0.4, -0.2) is 47.9 Å². The van der Waals surface area contributed by atoms with Crippen molar-refractivity contribution < 1.29 is 9.90 Å². The Hall–Kier alpha value is -0.900. The molecule has 0 amide bonds. The predicted molar refractivity (Wildman–Crippen MR) is 92.8 cm³/mol. The van der Waals surface area contributed by atoms with Crippen LogP contribution in [0.25, 0.3) is 0 Å². The van der Waals surface area contributed by atoms with Crippen LogP contribution >= 0.6 is 0 Å². The summed E-state index contributed by atoms with van der Waals surface area (Å²) < 4.78 is 0. The molecule has 0 radical (unpaired) electrons. The quantitative estimate of drug-likeness (QED) is 0.792. The Balaban J connectivity index is 0.000000541. The highest BCUT2D eigenvalue weighted by Gasteiger charge is 2.18. The third-order valence-corrected chi connectivity index (χ3v) is 4.48. The molecule has 0 aromatic carbocycles. The second kappa shape index (κ2) is 12.6. The van der Waals surface area contributed by atoms with Crippen LogP contribution in [0, 0.1) is 0 Å². The van der Waals surface area contributed by atoms with Crippen LogP contribution in [0.15, 0.2) is 4.99 Å². The Morgan fingerprint density at radius 3 is 2.18 bits per heavy atom. The lowest BCUT2D eigenvalue weighted by Gasteiger charge is -2.31. The van der Waals surface area contributed by atoms with Gasteiger partial charge in [0.1, 0.15) is 0 Å². The van der Waals surface area contributed by atoms with E-state index < -0.39 is 5.97 Å². The van der Waals surface area contributed by atoms with Gasteiger partial charge in [0.05, 0.1) is 0 Å². The maximum Gasteiger partial charge on any atom is 0.300 e. The fourth-order valence-corrected chi connectivity index (χ4v) is 3.39. The van der Waals surface area contributed by atoms with Crippen molar-refractivity contribution in [3.05, 3.63) is 0 Å². The van der Waals surface area contributed by atoms with Gasteiger partial charge in [0.25, 0.3) is 5.97 Å². The van der Waals surface area contributed by atoms with Gasteiger partial charge in [-0.05, 0) is 44.9 Å². The molecule has 1 aliphatic carbocycles. The molecule has 1 heterocycles. The Labute approximate surface area is 136 Å². The molecule has 2 rings (SSSR count). The summed E-state index contributed by atoms with van der Waals surface area (Å²) in [6.45, 7) is 4.71. The van der Waals surface area contributed by atoms with E-state index in [2.05, 4.69) is 16.1 Å². The Kier molecular flexibility index (Phi) is 11.0. The smallest absolute Gasteiger partial charge is 0.300 e. The van der Waals surface area contributed by atoms with Crippen molar-refractivity contribution in [1.82, 2.24) is 4.90 Å². The molecular weight excluding hydrogens is 276 g/mol. The summed E-state index contributed by atoms with van der Waals surface area (Å²) in [5, 5.41) is 7.42. The number of carbonyl (C=O) groups is 1. The molecule has 4 heteroatoms. The van der Waals surface area contributed by atoms with Crippen LogP contribution in [0.3, 0.4) is 0 Å². The Bertz CT molecular complexity index is 292. The Morgan fingerprint density at radius 2 is 1.55 bits per heavy atom. The second-order valence-corrected chi connectivity index (χ2v) is 6.49. The van der Waals surface area contributed by atoms with E-state index in [1.807, 2.05) is 0 Å². The first-order valence-corrected chi connectivity index (χ1v) is 9.12. The molecule has 1 saturated carbocycles. The topological polar surface area (TPSA) is 52.9 Å². The summed E-state index contributed by atoms with van der Waals surface area (Å²) in [5.41, 5.74) is 0. The van der Waals surface area contributed by atoms with E-state index in [-0.39, 0.29) is 0 Å². The lowest BCUT2D eigenvalue weighted by Crippen LogP contribution is -2.37. The fourth-order valence-electron chi connectivity index (χ4n) is 3.39. The van der Waals surface area contributed by atoms with Crippen LogP contribution in [0.1, 0.15) is 77.6 Å². The largest absolute Gasteiger partial charge is 0.481 e. The highest BCUT2D eigenvalue weighted by Crippen LogP contribution is 2.22. The molecule has 0 aromatic heterocycles. The standard InChI is InChI=1S/C16H30N2.C2H4O2/c1-2-4-6-11-16(10-5-3-1)18-14-8-7-12-17-13-9-15-18;1-2(3)4/h12,16H,1-11,13-15H2;1H3,(H,3,4). The number of carboxylic acid groups (broad SMARTS) is 1. The maximum atomic E-state index is 9.00. The van der Waals surface area contributed by atoms with Gasteiger partial charge in [-0.15, -0.1) is 0 Å². The fraction of sp³-hybridized carbons (Fsp3) is 0.889. The third-order valence-electron chi connectivity index (χ3n) is 4.48. The highest BCUT2D eigenvalue weighted by molar-refractivity contribution is 5.62. The molecule has 22 heavy (non-hydrogen) atoms. The zero-order chi connectivity index (χ0) is 16.0. The van der Waals surface area contributed by atoms with Gasteiger partial charge in [0.15, 0.2) is 0 Å². The van der Waals surface area contributed by atoms with Gasteiger partial charge in [-0.2, -0.15) is 0 Å². The van der Waals surface area contributed by atoms with Crippen LogP contribution in [0.2, 0.25) is 0 Å². The Morgan fingerprint density at radius 1 is 1.00 bits per heavy atom. The zero-order valence-corrected chi connectivity index (χ0v) is 14.3. The molecular formula is C18H34N2O2. The summed E-state index contributed by atoms with van der Waals surface area (Å²) in [4.78, 5) is 16.3. The van der Waals surface area contributed by atoms with E-state index >= 15 is 0 Å². The lowest BCUT2D eigenvalue weighted by molar-refractivity contribution is -0.134. The first-order valence-electron chi connectivity index (χ1n) is 9.12. The summed E-state index contributed by atoms with van der Waals surface area (Å²) in [6.07, 6.45) is 17.6. The average molecular weight is 310 g/mol. The second-order valence-electron chi connectivity index (χ2n) is 6.49. The maximum absolute atomic E-state index is 9.00. The lowest BCUT2D eigenvalue weighted by atomic mass is 10.0. The van der Waals surface area contributed by atoms with Crippen molar-refractivity contribution in [2.75, 3.05) is 19.6 Å². The van der Waals surface area contributed by atoms with Gasteiger partial charge in [-0.1, -0.05) is 38.5 Å². The van der Waals surface area contributed by atoms with Gasteiger partial charge in [-0.25, -0.2) is 0 Å². The van der Waals surface area contributed by atoms with Crippen LogP contribution in [-0.2, 0) is 4.79 Å². The van der Waals surface area contributed by atoms with E-state index in [9.17, 15) is 0 Å². The molecule has 1 N–H and O–H groups in total. The van der Waals surface area contributed by atoms with E-state index in [4.69, 9.17) is 9.90 Å². The summed E-state index contributed by atoms with van der Waals surface area (Å²) in [7, 11) is 0. The van der Waals surface area contributed by atoms with Crippen molar-refractivity contribution in [2.45, 2.75) is 83.6 Å². The molecule has 0 unspecified atom stereocenters. The van der Waals surface area contributed by atoms with Crippen LogP contribution < -0.4 is 0 Å². The molecule has 0 spiro atoms. The highest BCUT2D eigenvalue weighted by atomic mass is 16.4. The van der Waals surface area contributed by atoms with Gasteiger partial charge < -0.3 is 10.0 Å². The molecule has 1 fully saturated rings. The number of rotatable bonds is 1. The average Bonchev–Trinajstić information content (AvgIpc) is 2.69.